The van der Waals surface area contributed by atoms with Crippen LogP contribution in [-0.4, -0.2) is 37.4 Å². The smallest absolute Gasteiger partial charge is 0.316 e. The van der Waals surface area contributed by atoms with E-state index in [1.807, 2.05) is 6.07 Å². The highest BCUT2D eigenvalue weighted by atomic mass is 32.2. The Morgan fingerprint density at radius 2 is 1.81 bits per heavy atom. The topological polar surface area (TPSA) is 73.9 Å². The second kappa shape index (κ2) is 8.57. The first-order chi connectivity index (χ1) is 12.6. The van der Waals surface area contributed by atoms with Gasteiger partial charge in [-0.15, -0.1) is 11.8 Å². The first kappa shape index (κ1) is 18.1. The maximum absolute atomic E-state index is 12.8. The van der Waals surface area contributed by atoms with Crippen molar-refractivity contribution in [2.45, 2.75) is 4.90 Å². The third-order valence-corrected chi connectivity index (χ3v) is 4.33. The molecule has 1 amide bonds. The van der Waals surface area contributed by atoms with Crippen molar-refractivity contribution in [3.63, 3.8) is 0 Å². The van der Waals surface area contributed by atoms with E-state index in [-0.39, 0.29) is 5.75 Å². The van der Waals surface area contributed by atoms with Crippen LogP contribution in [-0.2, 0) is 14.3 Å². The van der Waals surface area contributed by atoms with E-state index in [9.17, 15) is 14.0 Å². The summed E-state index contributed by atoms with van der Waals surface area (Å²) in [6, 6.07) is 10.7. The summed E-state index contributed by atoms with van der Waals surface area (Å²) in [7, 11) is 0. The van der Waals surface area contributed by atoms with E-state index in [0.29, 0.717) is 30.4 Å². The van der Waals surface area contributed by atoms with E-state index in [4.69, 9.17) is 14.2 Å². The van der Waals surface area contributed by atoms with Crippen molar-refractivity contribution >= 4 is 29.3 Å². The number of ether oxygens (including phenoxy) is 3. The van der Waals surface area contributed by atoms with Crippen molar-refractivity contribution in [1.29, 1.82) is 0 Å². The normalized spacial score (nSPS) is 12.3. The highest BCUT2D eigenvalue weighted by Crippen LogP contribution is 2.34. The summed E-state index contributed by atoms with van der Waals surface area (Å²) in [6.45, 7) is 0.607. The molecule has 0 unspecified atom stereocenters. The predicted molar refractivity (Wildman–Crippen MR) is 94.1 cm³/mol. The standard InChI is InChI=1S/C18H16FNO5S/c19-12-1-3-13(4-2-12)20-17(21)10-25-18(22)11-26-14-5-6-15-16(9-14)24-8-7-23-15/h1-6,9H,7-8,10-11H2,(H,20,21). The Kier molecular flexibility index (Phi) is 5.96. The second-order valence-corrected chi connectivity index (χ2v) is 6.36. The van der Waals surface area contributed by atoms with Gasteiger partial charge < -0.3 is 19.5 Å². The lowest BCUT2D eigenvalue weighted by Crippen LogP contribution is -2.21. The van der Waals surface area contributed by atoms with Gasteiger partial charge in [0.2, 0.25) is 0 Å². The van der Waals surface area contributed by atoms with Crippen molar-refractivity contribution in [1.82, 2.24) is 0 Å². The van der Waals surface area contributed by atoms with Gasteiger partial charge in [0, 0.05) is 10.6 Å². The van der Waals surface area contributed by atoms with Crippen molar-refractivity contribution in [3.05, 3.63) is 48.3 Å². The fraction of sp³-hybridized carbons (Fsp3) is 0.222. The van der Waals surface area contributed by atoms with Gasteiger partial charge in [-0.3, -0.25) is 9.59 Å². The lowest BCUT2D eigenvalue weighted by molar-refractivity contribution is -0.144. The molecule has 6 nitrogen and oxygen atoms in total. The lowest BCUT2D eigenvalue weighted by atomic mass is 10.3. The van der Waals surface area contributed by atoms with Gasteiger partial charge in [-0.25, -0.2) is 4.39 Å². The number of benzene rings is 2. The molecule has 0 aliphatic carbocycles. The molecule has 0 spiro atoms. The third kappa shape index (κ3) is 5.13. The van der Waals surface area contributed by atoms with Crippen LogP contribution in [0.25, 0.3) is 0 Å². The summed E-state index contributed by atoms with van der Waals surface area (Å²) < 4.78 is 28.6. The highest BCUT2D eigenvalue weighted by molar-refractivity contribution is 8.00. The molecule has 0 saturated carbocycles. The van der Waals surface area contributed by atoms with Gasteiger partial charge in [-0.2, -0.15) is 0 Å². The second-order valence-electron chi connectivity index (χ2n) is 5.31. The zero-order chi connectivity index (χ0) is 18.4. The van der Waals surface area contributed by atoms with Crippen LogP contribution in [0.5, 0.6) is 11.5 Å². The minimum absolute atomic E-state index is 0.0590. The number of carbonyl (C=O) groups excluding carboxylic acids is 2. The molecule has 8 heteroatoms. The van der Waals surface area contributed by atoms with Gasteiger partial charge in [-0.1, -0.05) is 0 Å². The number of thioether (sulfide) groups is 1. The maximum Gasteiger partial charge on any atom is 0.316 e. The molecule has 0 aromatic heterocycles. The molecule has 1 aliphatic heterocycles. The molecule has 2 aromatic rings. The van der Waals surface area contributed by atoms with Crippen molar-refractivity contribution in [2.24, 2.45) is 0 Å². The first-order valence-electron chi connectivity index (χ1n) is 7.83. The zero-order valence-electron chi connectivity index (χ0n) is 13.7. The zero-order valence-corrected chi connectivity index (χ0v) is 14.5. The van der Waals surface area contributed by atoms with Crippen LogP contribution >= 0.6 is 11.8 Å². The fourth-order valence-corrected chi connectivity index (χ4v) is 2.90. The van der Waals surface area contributed by atoms with Crippen LogP contribution in [0.4, 0.5) is 10.1 Å². The van der Waals surface area contributed by atoms with E-state index in [2.05, 4.69) is 5.32 Å². The average molecular weight is 377 g/mol. The van der Waals surface area contributed by atoms with E-state index in [0.717, 1.165) is 4.90 Å². The number of halogens is 1. The predicted octanol–water partition coefficient (Wildman–Crippen LogP) is 2.87. The van der Waals surface area contributed by atoms with Gasteiger partial charge in [0.25, 0.3) is 5.91 Å². The number of rotatable bonds is 6. The molecule has 0 saturated heterocycles. The quantitative estimate of drug-likeness (QED) is 0.616. The molecule has 2 aromatic carbocycles. The highest BCUT2D eigenvalue weighted by Gasteiger charge is 2.13. The number of nitrogens with one attached hydrogen (secondary N) is 1. The van der Waals surface area contributed by atoms with Gasteiger partial charge in [0.05, 0.1) is 5.75 Å². The Morgan fingerprint density at radius 3 is 2.58 bits per heavy atom. The number of anilines is 1. The molecular weight excluding hydrogens is 361 g/mol. The number of hydrogen-bond donors (Lipinski definition) is 1. The molecule has 0 bridgehead atoms. The SMILES string of the molecule is O=C(COC(=O)CSc1ccc2c(c1)OCCO2)Nc1ccc(F)cc1. The van der Waals surface area contributed by atoms with Gasteiger partial charge >= 0.3 is 5.97 Å². The Hall–Kier alpha value is -2.74. The van der Waals surface area contributed by atoms with Crippen LogP contribution in [0, 0.1) is 5.82 Å². The Labute approximate surface area is 153 Å². The minimum atomic E-state index is -0.515. The van der Waals surface area contributed by atoms with E-state index < -0.39 is 24.3 Å². The Balaban J connectivity index is 1.41. The molecule has 0 atom stereocenters. The summed E-state index contributed by atoms with van der Waals surface area (Å²) in [4.78, 5) is 24.3. The van der Waals surface area contributed by atoms with Crippen molar-refractivity contribution in [2.75, 3.05) is 30.9 Å². The molecular formula is C18H16FNO5S. The molecule has 1 aliphatic rings. The molecule has 0 fully saturated rings. The van der Waals surface area contributed by atoms with E-state index >= 15 is 0 Å². The molecule has 3 rings (SSSR count). The van der Waals surface area contributed by atoms with Crippen LogP contribution in [0.3, 0.4) is 0 Å². The molecule has 1 heterocycles. The summed E-state index contributed by atoms with van der Waals surface area (Å²) in [5.74, 6) is -0.0170. The van der Waals surface area contributed by atoms with Gasteiger partial charge in [-0.05, 0) is 42.5 Å². The van der Waals surface area contributed by atoms with Gasteiger partial charge in [0.1, 0.15) is 19.0 Å². The lowest BCUT2D eigenvalue weighted by Gasteiger charge is -2.18. The van der Waals surface area contributed by atoms with Crippen LogP contribution in [0.1, 0.15) is 0 Å². The summed E-state index contributed by atoms with van der Waals surface area (Å²) in [6.07, 6.45) is 0. The van der Waals surface area contributed by atoms with Crippen molar-refractivity contribution in [3.8, 4) is 11.5 Å². The van der Waals surface area contributed by atoms with Crippen LogP contribution < -0.4 is 14.8 Å². The molecule has 1 N–H and O–H groups in total. The monoisotopic (exact) mass is 377 g/mol. The fourth-order valence-electron chi connectivity index (χ4n) is 2.17. The largest absolute Gasteiger partial charge is 0.486 e. The number of carbonyl (C=O) groups is 2. The summed E-state index contributed by atoms with van der Waals surface area (Å²) >= 11 is 1.28. The van der Waals surface area contributed by atoms with E-state index in [1.165, 1.54) is 36.0 Å². The number of fused-ring (bicyclic) bond motifs is 1. The maximum atomic E-state index is 12.8. The summed E-state index contributed by atoms with van der Waals surface area (Å²) in [5.41, 5.74) is 0.429. The number of amides is 1. The van der Waals surface area contributed by atoms with Crippen LogP contribution in [0.15, 0.2) is 47.4 Å². The third-order valence-electron chi connectivity index (χ3n) is 3.36. The number of esters is 1. The van der Waals surface area contributed by atoms with Crippen LogP contribution in [0.2, 0.25) is 0 Å². The Morgan fingerprint density at radius 1 is 1.08 bits per heavy atom. The summed E-state index contributed by atoms with van der Waals surface area (Å²) in [5, 5.41) is 2.51. The first-order valence-corrected chi connectivity index (χ1v) is 8.82. The Bertz CT molecular complexity index is 797. The van der Waals surface area contributed by atoms with Gasteiger partial charge in [0.15, 0.2) is 18.1 Å². The minimum Gasteiger partial charge on any atom is -0.486 e. The van der Waals surface area contributed by atoms with E-state index in [1.54, 1.807) is 12.1 Å². The molecule has 136 valence electrons. The number of hydrogen-bond acceptors (Lipinski definition) is 6. The molecule has 26 heavy (non-hydrogen) atoms. The molecule has 0 radical (unpaired) electrons. The van der Waals surface area contributed by atoms with Crippen molar-refractivity contribution < 1.29 is 28.2 Å². The average Bonchev–Trinajstić information content (AvgIpc) is 2.66.